The summed E-state index contributed by atoms with van der Waals surface area (Å²) in [7, 11) is 0. The summed E-state index contributed by atoms with van der Waals surface area (Å²) < 4.78 is 4.93. The van der Waals surface area contributed by atoms with Crippen molar-refractivity contribution in [3.63, 3.8) is 0 Å². The molecule has 0 spiro atoms. The number of anilines is 1. The van der Waals surface area contributed by atoms with Crippen LogP contribution < -0.4 is 5.43 Å². The topological polar surface area (TPSA) is 66.8 Å². The van der Waals surface area contributed by atoms with Crippen LogP contribution in [0.5, 0.6) is 0 Å². The van der Waals surface area contributed by atoms with E-state index in [2.05, 4.69) is 51.6 Å². The van der Waals surface area contributed by atoms with Crippen molar-refractivity contribution in [2.45, 2.75) is 52.1 Å². The van der Waals surface area contributed by atoms with Gasteiger partial charge in [0, 0.05) is 18.0 Å². The Morgan fingerprint density at radius 1 is 1.39 bits per heavy atom. The van der Waals surface area contributed by atoms with Crippen molar-refractivity contribution < 1.29 is 9.53 Å². The molecule has 1 aromatic carbocycles. The quantitative estimate of drug-likeness (QED) is 0.411. The fraction of sp³-hybridized carbons (Fsp3) is 0.476. The monoisotopic (exact) mass is 400 g/mol. The number of likely N-dealkylation sites (tertiary alicyclic amines) is 1. The highest BCUT2D eigenvalue weighted by molar-refractivity contribution is 7.13. The summed E-state index contributed by atoms with van der Waals surface area (Å²) in [6.07, 6.45) is 5.92. The number of carbonyl (C=O) groups excluding carboxylic acids is 1. The third-order valence-electron chi connectivity index (χ3n) is 4.86. The Bertz CT molecular complexity index is 788. The number of nitrogens with one attached hydrogen (secondary N) is 1. The van der Waals surface area contributed by atoms with E-state index in [0.29, 0.717) is 23.5 Å². The van der Waals surface area contributed by atoms with Crippen LogP contribution in [-0.2, 0) is 22.5 Å². The molecule has 1 aromatic heterocycles. The summed E-state index contributed by atoms with van der Waals surface area (Å²) in [5.74, 6) is -0.262. The Kier molecular flexibility index (Phi) is 7.56. The van der Waals surface area contributed by atoms with Crippen LogP contribution in [0, 0.1) is 0 Å². The van der Waals surface area contributed by atoms with Gasteiger partial charge in [-0.3, -0.25) is 15.1 Å². The van der Waals surface area contributed by atoms with Gasteiger partial charge in [0.15, 0.2) is 0 Å². The van der Waals surface area contributed by atoms with Gasteiger partial charge in [0.1, 0.15) is 0 Å². The zero-order valence-electron chi connectivity index (χ0n) is 16.6. The minimum atomic E-state index is -0.262. The zero-order chi connectivity index (χ0) is 19.8. The van der Waals surface area contributed by atoms with Crippen molar-refractivity contribution in [1.29, 1.82) is 0 Å². The average molecular weight is 401 g/mol. The molecule has 28 heavy (non-hydrogen) atoms. The molecule has 1 unspecified atom stereocenters. The number of esters is 1. The standard InChI is InChI=1S/C21H28N4O2S/c1-3-27-20(26)12-19-15-28-21(23-19)24-22-13-17-7-9-18(10-8-17)14-25-11-5-4-6-16(25)2/h7-10,13,15-16H,3-6,11-12,14H2,1-2H3,(H,23,24). The molecule has 1 atom stereocenters. The highest BCUT2D eigenvalue weighted by atomic mass is 32.1. The molecule has 0 aliphatic carbocycles. The molecule has 1 aliphatic rings. The number of ether oxygens (including phenoxy) is 1. The first-order chi connectivity index (χ1) is 13.6. The summed E-state index contributed by atoms with van der Waals surface area (Å²) in [6, 6.07) is 9.19. The van der Waals surface area contributed by atoms with Gasteiger partial charge in [-0.15, -0.1) is 11.3 Å². The minimum absolute atomic E-state index is 0.187. The first-order valence-electron chi connectivity index (χ1n) is 9.86. The van der Waals surface area contributed by atoms with Crippen LogP contribution in [-0.4, -0.2) is 41.3 Å². The average Bonchev–Trinajstić information content (AvgIpc) is 3.12. The van der Waals surface area contributed by atoms with Gasteiger partial charge in [-0.1, -0.05) is 30.7 Å². The number of thiazole rings is 1. The van der Waals surface area contributed by atoms with Crippen LogP contribution >= 0.6 is 11.3 Å². The van der Waals surface area contributed by atoms with E-state index < -0.39 is 0 Å². The molecule has 150 valence electrons. The van der Waals surface area contributed by atoms with Crippen molar-refractivity contribution in [1.82, 2.24) is 9.88 Å². The molecule has 0 radical (unpaired) electrons. The molecule has 7 heteroatoms. The Labute approximate surface area is 170 Å². The fourth-order valence-corrected chi connectivity index (χ4v) is 3.96. The van der Waals surface area contributed by atoms with Crippen LogP contribution in [0.25, 0.3) is 0 Å². The first kappa shape index (κ1) is 20.5. The SMILES string of the molecule is CCOC(=O)Cc1csc(NN=Cc2ccc(CN3CCCCC3C)cc2)n1. The number of hydrogen-bond donors (Lipinski definition) is 1. The molecule has 3 rings (SSSR count). The maximum Gasteiger partial charge on any atom is 0.311 e. The van der Waals surface area contributed by atoms with Crippen LogP contribution in [0.1, 0.15) is 49.9 Å². The summed E-state index contributed by atoms with van der Waals surface area (Å²) >= 11 is 1.42. The number of aromatic nitrogens is 1. The molecule has 1 fully saturated rings. The molecule has 0 amide bonds. The number of carbonyl (C=O) groups is 1. The number of hydrazone groups is 1. The van der Waals surface area contributed by atoms with Gasteiger partial charge < -0.3 is 4.74 Å². The summed E-state index contributed by atoms with van der Waals surface area (Å²) in [5.41, 5.74) is 5.98. The Hall–Kier alpha value is -2.25. The van der Waals surface area contributed by atoms with Crippen LogP contribution in [0.15, 0.2) is 34.7 Å². The van der Waals surface area contributed by atoms with Crippen molar-refractivity contribution in [2.24, 2.45) is 5.10 Å². The predicted molar refractivity (Wildman–Crippen MR) is 114 cm³/mol. The van der Waals surface area contributed by atoms with Crippen molar-refractivity contribution in [3.8, 4) is 0 Å². The molecule has 0 bridgehead atoms. The van der Waals surface area contributed by atoms with E-state index in [1.165, 1.54) is 42.7 Å². The Balaban J connectivity index is 1.48. The van der Waals surface area contributed by atoms with Crippen molar-refractivity contribution >= 4 is 28.7 Å². The van der Waals surface area contributed by atoms with Gasteiger partial charge >= 0.3 is 5.97 Å². The lowest BCUT2D eigenvalue weighted by atomic mass is 10.0. The van der Waals surface area contributed by atoms with Gasteiger partial charge in [-0.25, -0.2) is 4.98 Å². The third-order valence-corrected chi connectivity index (χ3v) is 5.66. The predicted octanol–water partition coefficient (Wildman–Crippen LogP) is 4.07. The second kappa shape index (κ2) is 10.3. The maximum absolute atomic E-state index is 11.5. The number of rotatable bonds is 8. The number of nitrogens with zero attached hydrogens (tertiary/aromatic N) is 3. The summed E-state index contributed by atoms with van der Waals surface area (Å²) in [6.45, 7) is 6.71. The van der Waals surface area contributed by atoms with E-state index in [1.807, 2.05) is 5.38 Å². The Morgan fingerprint density at radius 3 is 2.96 bits per heavy atom. The van der Waals surface area contributed by atoms with Gasteiger partial charge in [-0.05, 0) is 44.4 Å². The third kappa shape index (κ3) is 6.14. The lowest BCUT2D eigenvalue weighted by Crippen LogP contribution is -2.36. The van der Waals surface area contributed by atoms with Crippen molar-refractivity contribution in [2.75, 3.05) is 18.6 Å². The highest BCUT2D eigenvalue weighted by Crippen LogP contribution is 2.19. The number of benzene rings is 1. The molecule has 1 saturated heterocycles. The van der Waals surface area contributed by atoms with Crippen LogP contribution in [0.2, 0.25) is 0 Å². The summed E-state index contributed by atoms with van der Waals surface area (Å²) in [5, 5.41) is 6.74. The number of hydrogen-bond acceptors (Lipinski definition) is 7. The summed E-state index contributed by atoms with van der Waals surface area (Å²) in [4.78, 5) is 18.4. The highest BCUT2D eigenvalue weighted by Gasteiger charge is 2.17. The van der Waals surface area contributed by atoms with E-state index >= 15 is 0 Å². The normalized spacial score (nSPS) is 17.7. The number of piperidine rings is 1. The molecular formula is C21H28N4O2S. The second-order valence-electron chi connectivity index (χ2n) is 7.05. The minimum Gasteiger partial charge on any atom is -0.466 e. The van der Waals surface area contributed by atoms with E-state index in [9.17, 15) is 4.79 Å². The lowest BCUT2D eigenvalue weighted by molar-refractivity contribution is -0.142. The molecule has 2 aromatic rings. The maximum atomic E-state index is 11.5. The Morgan fingerprint density at radius 2 is 2.21 bits per heavy atom. The lowest BCUT2D eigenvalue weighted by Gasteiger charge is -2.33. The molecule has 1 aliphatic heterocycles. The molecule has 1 N–H and O–H groups in total. The molecule has 6 nitrogen and oxygen atoms in total. The molecular weight excluding hydrogens is 372 g/mol. The first-order valence-corrected chi connectivity index (χ1v) is 10.7. The van der Waals surface area contributed by atoms with Crippen LogP contribution in [0.4, 0.5) is 5.13 Å². The van der Waals surface area contributed by atoms with E-state index in [4.69, 9.17) is 4.74 Å². The van der Waals surface area contributed by atoms with Crippen molar-refractivity contribution in [3.05, 3.63) is 46.5 Å². The van der Waals surface area contributed by atoms with E-state index in [0.717, 1.165) is 12.1 Å². The van der Waals surface area contributed by atoms with Gasteiger partial charge in [0.2, 0.25) is 5.13 Å². The fourth-order valence-electron chi connectivity index (χ4n) is 3.30. The van der Waals surface area contributed by atoms with Gasteiger partial charge in [0.25, 0.3) is 0 Å². The van der Waals surface area contributed by atoms with Gasteiger partial charge in [0.05, 0.1) is 24.9 Å². The molecule has 0 saturated carbocycles. The zero-order valence-corrected chi connectivity index (χ0v) is 17.4. The molecule has 2 heterocycles. The van der Waals surface area contributed by atoms with Crippen LogP contribution in [0.3, 0.4) is 0 Å². The largest absolute Gasteiger partial charge is 0.466 e. The smallest absolute Gasteiger partial charge is 0.311 e. The van der Waals surface area contributed by atoms with E-state index in [-0.39, 0.29) is 12.4 Å². The second-order valence-corrected chi connectivity index (χ2v) is 7.91. The van der Waals surface area contributed by atoms with Gasteiger partial charge in [-0.2, -0.15) is 5.10 Å². The van der Waals surface area contributed by atoms with E-state index in [1.54, 1.807) is 13.1 Å².